The van der Waals surface area contributed by atoms with Crippen LogP contribution in [-0.4, -0.2) is 39.8 Å². The lowest BCUT2D eigenvalue weighted by molar-refractivity contribution is -0.142. The average Bonchev–Trinajstić information content (AvgIpc) is 2.77. The van der Waals surface area contributed by atoms with Crippen LogP contribution < -0.4 is 10.6 Å². The van der Waals surface area contributed by atoms with Gasteiger partial charge >= 0.3 is 5.97 Å². The predicted octanol–water partition coefficient (Wildman–Crippen LogP) is 4.38. The molecule has 3 rings (SSSR count). The molecule has 30 heavy (non-hydrogen) atoms. The van der Waals surface area contributed by atoms with Crippen LogP contribution in [0.2, 0.25) is 0 Å². The highest BCUT2D eigenvalue weighted by Crippen LogP contribution is 2.26. The third-order valence-electron chi connectivity index (χ3n) is 6.19. The lowest BCUT2D eigenvalue weighted by atomic mass is 9.86. The second-order valence-electron chi connectivity index (χ2n) is 8.58. The van der Waals surface area contributed by atoms with Crippen LogP contribution in [0.1, 0.15) is 87.2 Å². The van der Waals surface area contributed by atoms with Crippen molar-refractivity contribution in [2.24, 2.45) is 5.92 Å². The van der Waals surface area contributed by atoms with E-state index in [2.05, 4.69) is 17.6 Å². The van der Waals surface area contributed by atoms with Crippen LogP contribution in [-0.2, 0) is 11.3 Å². The number of aromatic nitrogens is 1. The second-order valence-corrected chi connectivity index (χ2v) is 9.66. The van der Waals surface area contributed by atoms with E-state index >= 15 is 0 Å². The smallest absolute Gasteiger partial charge is 0.306 e. The number of carboxylic acids is 1. The van der Waals surface area contributed by atoms with Gasteiger partial charge in [0.05, 0.1) is 17.2 Å². The normalized spacial score (nSPS) is 22.6. The first-order valence-electron chi connectivity index (χ1n) is 11.5. The number of hydrogen-bond acceptors (Lipinski definition) is 5. The third-order valence-corrected chi connectivity index (χ3v) is 7.39. The number of rotatable bonds is 9. The first-order valence-corrected chi connectivity index (χ1v) is 12.4. The molecule has 0 aromatic carbocycles. The summed E-state index contributed by atoms with van der Waals surface area (Å²) < 4.78 is 0. The molecule has 6 nitrogen and oxygen atoms in total. The van der Waals surface area contributed by atoms with Gasteiger partial charge in [0.15, 0.2) is 0 Å². The first kappa shape index (κ1) is 23.1. The lowest BCUT2D eigenvalue weighted by Gasteiger charge is -2.27. The lowest BCUT2D eigenvalue weighted by Crippen LogP contribution is -2.36. The highest BCUT2D eigenvalue weighted by Gasteiger charge is 2.26. The van der Waals surface area contributed by atoms with Gasteiger partial charge < -0.3 is 15.7 Å². The van der Waals surface area contributed by atoms with Crippen molar-refractivity contribution in [3.05, 3.63) is 23.4 Å². The molecule has 1 amide bonds. The molecular formula is C23H35N3O3S. The average molecular weight is 434 g/mol. The van der Waals surface area contributed by atoms with E-state index in [4.69, 9.17) is 10.1 Å². The summed E-state index contributed by atoms with van der Waals surface area (Å²) in [4.78, 5) is 28.8. The minimum Gasteiger partial charge on any atom is -0.481 e. The molecule has 3 N–H and O–H groups in total. The summed E-state index contributed by atoms with van der Waals surface area (Å²) in [5.74, 6) is 0.0711. The molecule has 7 heteroatoms. The van der Waals surface area contributed by atoms with Gasteiger partial charge in [0.25, 0.3) is 5.91 Å². The Morgan fingerprint density at radius 1 is 1.07 bits per heavy atom. The monoisotopic (exact) mass is 433 g/mol. The molecule has 2 saturated carbocycles. The Morgan fingerprint density at radius 2 is 1.80 bits per heavy atom. The van der Waals surface area contributed by atoms with Crippen LogP contribution in [0.4, 0.5) is 0 Å². The summed E-state index contributed by atoms with van der Waals surface area (Å²) in [6.07, 6.45) is 10.1. The number of thioether (sulfide) groups is 1. The number of nitrogens with zero attached hydrogens (tertiary/aromatic N) is 1. The maximum atomic E-state index is 12.9. The Kier molecular flexibility index (Phi) is 9.00. The molecule has 166 valence electrons. The molecule has 0 aliphatic heterocycles. The molecule has 0 bridgehead atoms. The predicted molar refractivity (Wildman–Crippen MR) is 120 cm³/mol. The summed E-state index contributed by atoms with van der Waals surface area (Å²) >= 11 is 1.65. The summed E-state index contributed by atoms with van der Waals surface area (Å²) in [6, 6.07) is 4.49. The third kappa shape index (κ3) is 6.71. The molecular weight excluding hydrogens is 398 g/mol. The molecule has 2 aliphatic rings. The minimum absolute atomic E-state index is 0.000458. The van der Waals surface area contributed by atoms with Gasteiger partial charge in [-0.3, -0.25) is 9.59 Å². The van der Waals surface area contributed by atoms with Crippen LogP contribution >= 0.6 is 11.8 Å². The molecule has 2 aliphatic carbocycles. The van der Waals surface area contributed by atoms with Gasteiger partial charge in [-0.05, 0) is 62.8 Å². The van der Waals surface area contributed by atoms with Crippen molar-refractivity contribution < 1.29 is 14.7 Å². The van der Waals surface area contributed by atoms with Gasteiger partial charge in [0.2, 0.25) is 0 Å². The fourth-order valence-electron chi connectivity index (χ4n) is 4.36. The largest absolute Gasteiger partial charge is 0.481 e. The van der Waals surface area contributed by atoms with E-state index in [1.165, 1.54) is 19.3 Å². The van der Waals surface area contributed by atoms with Gasteiger partial charge in [-0.1, -0.05) is 26.2 Å². The highest BCUT2D eigenvalue weighted by atomic mass is 32.2. The van der Waals surface area contributed by atoms with Crippen molar-refractivity contribution in [1.29, 1.82) is 0 Å². The van der Waals surface area contributed by atoms with E-state index in [1.54, 1.807) is 11.8 Å². The van der Waals surface area contributed by atoms with Gasteiger partial charge in [0, 0.05) is 18.6 Å². The van der Waals surface area contributed by atoms with Crippen molar-refractivity contribution in [2.45, 2.75) is 94.8 Å². The molecule has 0 spiro atoms. The summed E-state index contributed by atoms with van der Waals surface area (Å²) in [5.41, 5.74) is 1.62. The van der Waals surface area contributed by atoms with Crippen LogP contribution in [0.5, 0.6) is 0 Å². The number of aliphatic carboxylic acids is 1. The fourth-order valence-corrected chi connectivity index (χ4v) is 5.26. The van der Waals surface area contributed by atoms with Gasteiger partial charge in [0.1, 0.15) is 5.03 Å². The summed E-state index contributed by atoms with van der Waals surface area (Å²) in [5, 5.41) is 16.7. The van der Waals surface area contributed by atoms with Crippen molar-refractivity contribution >= 4 is 23.6 Å². The molecule has 1 heterocycles. The van der Waals surface area contributed by atoms with Gasteiger partial charge in [-0.15, -0.1) is 11.8 Å². The molecule has 2 fully saturated rings. The van der Waals surface area contributed by atoms with Crippen LogP contribution in [0, 0.1) is 5.92 Å². The quantitative estimate of drug-likeness (QED) is 0.501. The van der Waals surface area contributed by atoms with E-state index in [1.807, 2.05) is 12.1 Å². The van der Waals surface area contributed by atoms with E-state index in [9.17, 15) is 9.59 Å². The molecule has 1 aromatic rings. The van der Waals surface area contributed by atoms with Crippen LogP contribution in [0.25, 0.3) is 0 Å². The molecule has 0 atom stereocenters. The fraction of sp³-hybridized carbons (Fsp3) is 0.696. The van der Waals surface area contributed by atoms with Crippen molar-refractivity contribution in [2.75, 3.05) is 5.75 Å². The number of hydrogen-bond donors (Lipinski definition) is 3. The molecule has 1 aromatic heterocycles. The number of nitrogens with one attached hydrogen (secondary N) is 2. The first-order chi connectivity index (χ1) is 14.6. The Hall–Kier alpha value is -1.60. The maximum absolute atomic E-state index is 12.9. The number of pyridine rings is 1. The zero-order chi connectivity index (χ0) is 21.3. The Bertz CT molecular complexity index is 714. The standard InChI is InChI=1S/C23H35N3O3S/c1-2-14-30-22-20(21(27)25-18-6-4-3-5-7-18)13-12-19(26-22)15-24-17-10-8-16(9-11-17)23(28)29/h12-13,16-18,24H,2-11,14-15H2,1H3,(H,25,27)(H,28,29). The molecule has 0 radical (unpaired) electrons. The zero-order valence-corrected chi connectivity index (χ0v) is 18.8. The highest BCUT2D eigenvalue weighted by molar-refractivity contribution is 7.99. The van der Waals surface area contributed by atoms with Crippen LogP contribution in [0.15, 0.2) is 17.2 Å². The van der Waals surface area contributed by atoms with Crippen molar-refractivity contribution in [3.8, 4) is 0 Å². The van der Waals surface area contributed by atoms with E-state index in [0.717, 1.165) is 61.4 Å². The summed E-state index contributed by atoms with van der Waals surface area (Å²) in [7, 11) is 0. The molecule has 0 unspecified atom stereocenters. The number of carboxylic acid groups (broad SMARTS) is 1. The summed E-state index contributed by atoms with van der Waals surface area (Å²) in [6.45, 7) is 2.78. The van der Waals surface area contributed by atoms with Crippen molar-refractivity contribution in [1.82, 2.24) is 15.6 Å². The number of amides is 1. The number of carbonyl (C=O) groups is 2. The zero-order valence-electron chi connectivity index (χ0n) is 18.0. The van der Waals surface area contributed by atoms with E-state index in [0.29, 0.717) is 18.2 Å². The Morgan fingerprint density at radius 3 is 2.47 bits per heavy atom. The van der Waals surface area contributed by atoms with E-state index < -0.39 is 5.97 Å². The molecule has 0 saturated heterocycles. The maximum Gasteiger partial charge on any atom is 0.306 e. The Balaban J connectivity index is 1.59. The van der Waals surface area contributed by atoms with E-state index in [-0.39, 0.29) is 17.9 Å². The second kappa shape index (κ2) is 11.7. The van der Waals surface area contributed by atoms with Gasteiger partial charge in [-0.25, -0.2) is 4.98 Å². The SMILES string of the molecule is CCCSc1nc(CNC2CCC(C(=O)O)CC2)ccc1C(=O)NC1CCCCC1. The van der Waals surface area contributed by atoms with Gasteiger partial charge in [-0.2, -0.15) is 0 Å². The number of carbonyl (C=O) groups excluding carboxylic acids is 1. The van der Waals surface area contributed by atoms with Crippen molar-refractivity contribution in [3.63, 3.8) is 0 Å². The van der Waals surface area contributed by atoms with Crippen LogP contribution in [0.3, 0.4) is 0 Å². The minimum atomic E-state index is -0.671. The topological polar surface area (TPSA) is 91.3 Å². The Labute approximate surface area is 184 Å².